The van der Waals surface area contributed by atoms with Crippen LogP contribution in [0.25, 0.3) is 0 Å². The quantitative estimate of drug-likeness (QED) is 0.773. The van der Waals surface area contributed by atoms with Crippen molar-refractivity contribution in [3.05, 3.63) is 30.3 Å². The van der Waals surface area contributed by atoms with Crippen molar-refractivity contribution >= 4 is 29.7 Å². The fourth-order valence-electron chi connectivity index (χ4n) is 1.86. The lowest BCUT2D eigenvalue weighted by Gasteiger charge is -2.28. The van der Waals surface area contributed by atoms with Crippen LogP contribution in [0.3, 0.4) is 0 Å². The Labute approximate surface area is 130 Å². The van der Waals surface area contributed by atoms with Gasteiger partial charge in [-0.05, 0) is 44.3 Å². The Bertz CT molecular complexity index is 522. The Hall–Kier alpha value is -0.810. The van der Waals surface area contributed by atoms with Gasteiger partial charge in [0.25, 0.3) is 0 Å². The molecular formula is C14H23N2O3PS. The molecule has 0 heterocycles. The van der Waals surface area contributed by atoms with Gasteiger partial charge in [-0.1, -0.05) is 18.2 Å². The minimum absolute atomic E-state index is 0.0600. The highest BCUT2D eigenvalue weighted by atomic mass is 32.7. The highest BCUT2D eigenvalue weighted by Crippen LogP contribution is 2.58. The van der Waals surface area contributed by atoms with Crippen molar-refractivity contribution in [2.24, 2.45) is 5.50 Å². The van der Waals surface area contributed by atoms with Crippen LogP contribution in [0.2, 0.25) is 0 Å². The van der Waals surface area contributed by atoms with Gasteiger partial charge in [-0.25, -0.2) is 0 Å². The summed E-state index contributed by atoms with van der Waals surface area (Å²) in [4.78, 5) is 13.9. The molecule has 5 nitrogen and oxygen atoms in total. The number of benzene rings is 1. The molecule has 118 valence electrons. The number of nitrogens with two attached hydrogens (primary N) is 1. The molecule has 0 saturated heterocycles. The summed E-state index contributed by atoms with van der Waals surface area (Å²) in [6.07, 6.45) is 0.220. The Morgan fingerprint density at radius 3 is 2.48 bits per heavy atom. The second kappa shape index (κ2) is 7.45. The first-order valence-electron chi connectivity index (χ1n) is 6.72. The zero-order valence-corrected chi connectivity index (χ0v) is 14.6. The van der Waals surface area contributed by atoms with E-state index in [1.807, 2.05) is 44.2 Å². The fraction of sp³-hybridized carbons (Fsp3) is 0.500. The molecule has 0 aromatic heterocycles. The molecule has 0 aliphatic heterocycles. The van der Waals surface area contributed by atoms with Crippen molar-refractivity contribution in [3.63, 3.8) is 0 Å². The number of amides is 1. The maximum atomic E-state index is 12.3. The molecule has 21 heavy (non-hydrogen) atoms. The van der Waals surface area contributed by atoms with Crippen molar-refractivity contribution in [1.82, 2.24) is 0 Å². The summed E-state index contributed by atoms with van der Waals surface area (Å²) in [5, 5.41) is 0. The highest BCUT2D eigenvalue weighted by molar-refractivity contribution is 8.56. The molecule has 2 N–H and O–H groups in total. The first kappa shape index (κ1) is 18.2. The van der Waals surface area contributed by atoms with E-state index in [0.717, 1.165) is 17.1 Å². The summed E-state index contributed by atoms with van der Waals surface area (Å²) in [5.74, 6) is -0.0600. The average Bonchev–Trinajstić information content (AvgIpc) is 2.36. The van der Waals surface area contributed by atoms with Crippen molar-refractivity contribution in [2.45, 2.75) is 31.9 Å². The van der Waals surface area contributed by atoms with Gasteiger partial charge in [0.1, 0.15) is 0 Å². The number of nitrogens with zero attached hydrogens (tertiary/aromatic N) is 1. The first-order valence-corrected chi connectivity index (χ1v) is 9.84. The number of anilines is 1. The Kier molecular flexibility index (Phi) is 6.47. The van der Waals surface area contributed by atoms with Crippen LogP contribution in [0.4, 0.5) is 5.69 Å². The Morgan fingerprint density at radius 2 is 1.95 bits per heavy atom. The number of carbonyl (C=O) groups is 1. The Balaban J connectivity index is 2.70. The van der Waals surface area contributed by atoms with Crippen LogP contribution in [0.15, 0.2) is 30.3 Å². The maximum Gasteiger partial charge on any atom is 0.324 e. The van der Waals surface area contributed by atoms with Gasteiger partial charge in [0.2, 0.25) is 5.91 Å². The summed E-state index contributed by atoms with van der Waals surface area (Å²) in [6, 6.07) is 9.39. The lowest BCUT2D eigenvalue weighted by molar-refractivity contribution is -0.118. The van der Waals surface area contributed by atoms with Crippen LogP contribution in [0.5, 0.6) is 0 Å². The topological polar surface area (TPSA) is 72.6 Å². The third kappa shape index (κ3) is 6.22. The molecule has 1 amide bonds. The number of hydrogen-bond donors (Lipinski definition) is 1. The predicted molar refractivity (Wildman–Crippen MR) is 89.6 cm³/mol. The molecule has 0 bridgehead atoms. The summed E-state index contributed by atoms with van der Waals surface area (Å²) < 4.78 is 16.5. The molecule has 7 heteroatoms. The van der Waals surface area contributed by atoms with E-state index < -0.39 is 11.5 Å². The van der Waals surface area contributed by atoms with Crippen LogP contribution in [-0.2, 0) is 13.9 Å². The lowest BCUT2D eigenvalue weighted by atomic mass is 10.1. The van der Waals surface area contributed by atoms with Crippen LogP contribution >= 0.6 is 18.1 Å². The van der Waals surface area contributed by atoms with E-state index in [1.54, 1.807) is 18.9 Å². The summed E-state index contributed by atoms with van der Waals surface area (Å²) in [6.45, 7) is 2.48. The van der Waals surface area contributed by atoms with Gasteiger partial charge in [0, 0.05) is 23.9 Å². The van der Waals surface area contributed by atoms with E-state index in [2.05, 4.69) is 0 Å². The molecule has 0 aliphatic carbocycles. The van der Waals surface area contributed by atoms with Gasteiger partial charge < -0.3 is 9.42 Å². The Morgan fingerprint density at radius 1 is 1.38 bits per heavy atom. The van der Waals surface area contributed by atoms with Crippen LogP contribution < -0.4 is 10.4 Å². The maximum absolute atomic E-state index is 12.3. The van der Waals surface area contributed by atoms with E-state index >= 15 is 0 Å². The smallest absolute Gasteiger partial charge is 0.315 e. The summed E-state index contributed by atoms with van der Waals surface area (Å²) in [5.41, 5.74) is 6.47. The first-order chi connectivity index (χ1) is 9.67. The monoisotopic (exact) mass is 330 g/mol. The molecule has 1 aromatic rings. The van der Waals surface area contributed by atoms with E-state index in [1.165, 1.54) is 0 Å². The van der Waals surface area contributed by atoms with Gasteiger partial charge in [-0.3, -0.25) is 14.9 Å². The van der Waals surface area contributed by atoms with Crippen molar-refractivity contribution in [3.8, 4) is 0 Å². The molecule has 1 aromatic carbocycles. The molecule has 0 spiro atoms. The molecular weight excluding hydrogens is 307 g/mol. The van der Waals surface area contributed by atoms with Gasteiger partial charge in [-0.15, -0.1) is 0 Å². The zero-order chi connectivity index (χ0) is 16.1. The SMILES string of the molecule is CCOP(N)(=O)SC(C)(C)CC(=O)N(C)c1ccccc1. The normalized spacial score (nSPS) is 14.5. The van der Waals surface area contributed by atoms with Crippen LogP contribution in [0, 0.1) is 0 Å². The van der Waals surface area contributed by atoms with Crippen LogP contribution in [0.1, 0.15) is 27.2 Å². The van der Waals surface area contributed by atoms with Crippen molar-refractivity contribution in [1.29, 1.82) is 0 Å². The van der Waals surface area contributed by atoms with Gasteiger partial charge >= 0.3 is 6.72 Å². The van der Waals surface area contributed by atoms with Gasteiger partial charge in [0.05, 0.1) is 6.61 Å². The standard InChI is InChI=1S/C14H23N2O3PS/c1-5-19-20(15,18)21-14(2,3)11-13(17)16(4)12-9-7-6-8-10-12/h6-10H,5,11H2,1-4H3,(H2,15,18). The molecule has 0 fully saturated rings. The third-order valence-electron chi connectivity index (χ3n) is 2.78. The molecule has 1 unspecified atom stereocenters. The number of rotatable bonds is 7. The second-order valence-electron chi connectivity index (χ2n) is 5.27. The molecule has 1 atom stereocenters. The molecule has 0 saturated carbocycles. The second-order valence-corrected chi connectivity index (χ2v) is 9.97. The van der Waals surface area contributed by atoms with Crippen molar-refractivity contribution < 1.29 is 13.9 Å². The van der Waals surface area contributed by atoms with Crippen LogP contribution in [-0.4, -0.2) is 24.3 Å². The zero-order valence-electron chi connectivity index (χ0n) is 12.9. The predicted octanol–water partition coefficient (Wildman–Crippen LogP) is 3.65. The molecule has 1 rings (SSSR count). The molecule has 0 radical (unpaired) electrons. The van der Waals surface area contributed by atoms with E-state index in [-0.39, 0.29) is 18.9 Å². The average molecular weight is 330 g/mol. The van der Waals surface area contributed by atoms with E-state index in [4.69, 9.17) is 10.0 Å². The summed E-state index contributed by atoms with van der Waals surface area (Å²) >= 11 is 1.03. The third-order valence-corrected chi connectivity index (χ3v) is 6.85. The summed E-state index contributed by atoms with van der Waals surface area (Å²) in [7, 11) is 1.73. The van der Waals surface area contributed by atoms with E-state index in [9.17, 15) is 9.36 Å². The van der Waals surface area contributed by atoms with Crippen molar-refractivity contribution in [2.75, 3.05) is 18.6 Å². The van der Waals surface area contributed by atoms with Gasteiger partial charge in [0.15, 0.2) is 0 Å². The molecule has 0 aliphatic rings. The minimum Gasteiger partial charge on any atom is -0.315 e. The highest BCUT2D eigenvalue weighted by Gasteiger charge is 2.33. The fourth-order valence-corrected chi connectivity index (χ4v) is 5.89. The largest absolute Gasteiger partial charge is 0.324 e. The number of hydrogen-bond acceptors (Lipinski definition) is 4. The van der Waals surface area contributed by atoms with Gasteiger partial charge in [-0.2, -0.15) is 0 Å². The lowest BCUT2D eigenvalue weighted by Crippen LogP contribution is -2.32. The number of carbonyl (C=O) groups excluding carboxylic acids is 1. The minimum atomic E-state index is -3.23. The van der Waals surface area contributed by atoms with E-state index in [0.29, 0.717) is 0 Å². The number of para-hydroxylation sites is 1.